The number of thiophene rings is 1. The minimum absolute atomic E-state index is 0.0278. The van der Waals surface area contributed by atoms with E-state index in [-0.39, 0.29) is 41.5 Å². The molecule has 4 amide bonds. The first-order valence-electron chi connectivity index (χ1n) is 17.8. The zero-order chi connectivity index (χ0) is 38.8. The van der Waals surface area contributed by atoms with Crippen LogP contribution in [0.25, 0.3) is 20.7 Å². The van der Waals surface area contributed by atoms with E-state index in [1.165, 1.54) is 16.9 Å². The smallest absolute Gasteiger partial charge is 0.242 e. The number of imide groups is 2. The molecule has 3 aromatic carbocycles. The highest BCUT2D eigenvalue weighted by Gasteiger charge is 2.68. The van der Waals surface area contributed by atoms with Crippen molar-refractivity contribution in [3.63, 3.8) is 0 Å². The van der Waals surface area contributed by atoms with Gasteiger partial charge in [0.25, 0.3) is 0 Å². The van der Waals surface area contributed by atoms with Crippen LogP contribution in [0.5, 0.6) is 11.5 Å². The third kappa shape index (κ3) is 5.31. The summed E-state index contributed by atoms with van der Waals surface area (Å²) < 4.78 is 9.71. The first-order chi connectivity index (χ1) is 26.2. The molecule has 0 radical (unpaired) electrons. The Morgan fingerprint density at radius 1 is 0.964 bits per heavy atom. The summed E-state index contributed by atoms with van der Waals surface area (Å²) in [5.41, 5.74) is 2.40. The minimum atomic E-state index is -1.28. The van der Waals surface area contributed by atoms with Crippen LogP contribution in [-0.4, -0.2) is 45.6 Å². The van der Waals surface area contributed by atoms with E-state index < -0.39 is 35.0 Å². The molecule has 0 unspecified atom stereocenters. The normalized spacial score (nSPS) is 26.1. The summed E-state index contributed by atoms with van der Waals surface area (Å²) in [5.74, 6) is -4.03. The summed E-state index contributed by atoms with van der Waals surface area (Å²) in [5, 5.41) is 17.3. The standard InChI is InChI=1S/C41H33ClI2N4O6S/c1-18-25-15-20(42)5-12-31(25)55-36(18)29-17-32(46(3)45-29)48-38(51)27-16-26-23(34(41(27,2)40(48)53)19-13-28(44)35(49)30(14-19)54-4)10-11-24-33(26)39(52)47(37(24)50)22-8-6-21(43)7-9-22/h5-10,12-15,17,24,26-27,33-34,49H,11,16H2,1-4H3/t24-,26+,27-,33-,34-,41+/m0/s1. The number of aromatic hydroxyl groups is 1. The quantitative estimate of drug-likeness (QED) is 0.106. The minimum Gasteiger partial charge on any atom is -0.504 e. The summed E-state index contributed by atoms with van der Waals surface area (Å²) in [6.07, 6.45) is 2.56. The van der Waals surface area contributed by atoms with Crippen LogP contribution in [0.2, 0.25) is 5.02 Å². The molecule has 2 aromatic heterocycles. The number of hydrogen-bond acceptors (Lipinski definition) is 8. The number of ether oxygens (including phenoxy) is 1. The number of halogens is 3. The zero-order valence-electron chi connectivity index (χ0n) is 30.0. The average Bonchev–Trinajstić information content (AvgIpc) is 3.83. The number of rotatable bonds is 5. The number of phenols is 1. The van der Waals surface area contributed by atoms with E-state index in [0.29, 0.717) is 37.8 Å². The van der Waals surface area contributed by atoms with E-state index in [1.807, 2.05) is 78.9 Å². The Morgan fingerprint density at radius 2 is 1.71 bits per heavy atom. The number of aryl methyl sites for hydroxylation is 2. The molecular weight excluding hydrogens is 966 g/mol. The number of methoxy groups -OCH3 is 1. The number of phenolic OH excluding ortho intramolecular Hbond substituents is 1. The van der Waals surface area contributed by atoms with Gasteiger partial charge in [0.15, 0.2) is 11.5 Å². The molecule has 4 heterocycles. The molecule has 2 aliphatic carbocycles. The molecular formula is C41H33ClI2N4O6S. The van der Waals surface area contributed by atoms with Gasteiger partial charge in [0.1, 0.15) is 11.5 Å². The lowest BCUT2D eigenvalue weighted by Gasteiger charge is -2.49. The number of anilines is 2. The van der Waals surface area contributed by atoms with Crippen molar-refractivity contribution in [1.82, 2.24) is 9.78 Å². The maximum Gasteiger partial charge on any atom is 0.242 e. The van der Waals surface area contributed by atoms with Crippen molar-refractivity contribution in [2.75, 3.05) is 16.9 Å². The van der Waals surface area contributed by atoms with E-state index in [9.17, 15) is 19.5 Å². The van der Waals surface area contributed by atoms with E-state index in [1.54, 1.807) is 47.3 Å². The highest BCUT2D eigenvalue weighted by atomic mass is 127. The van der Waals surface area contributed by atoms with Gasteiger partial charge in [-0.2, -0.15) is 5.10 Å². The predicted molar refractivity (Wildman–Crippen MR) is 227 cm³/mol. The number of aromatic nitrogens is 2. The average molecular weight is 999 g/mol. The predicted octanol–water partition coefficient (Wildman–Crippen LogP) is 8.62. The maximum absolute atomic E-state index is 15.2. The molecule has 0 spiro atoms. The van der Waals surface area contributed by atoms with Crippen LogP contribution < -0.4 is 14.5 Å². The molecule has 14 heteroatoms. The molecule has 10 nitrogen and oxygen atoms in total. The van der Waals surface area contributed by atoms with Gasteiger partial charge in [0.05, 0.1) is 44.4 Å². The topological polar surface area (TPSA) is 122 Å². The molecule has 1 N–H and O–H groups in total. The third-order valence-electron chi connectivity index (χ3n) is 12.2. The summed E-state index contributed by atoms with van der Waals surface area (Å²) >= 11 is 12.1. The first-order valence-corrected chi connectivity index (χ1v) is 21.1. The molecule has 5 aromatic rings. The summed E-state index contributed by atoms with van der Waals surface area (Å²) in [6, 6.07) is 18.4. The Labute approximate surface area is 352 Å². The van der Waals surface area contributed by atoms with Crippen LogP contribution in [0.3, 0.4) is 0 Å². The van der Waals surface area contributed by atoms with Crippen LogP contribution in [0.1, 0.15) is 36.8 Å². The molecule has 4 aliphatic rings. The van der Waals surface area contributed by atoms with Crippen LogP contribution >= 0.6 is 68.1 Å². The Hall–Kier alpha value is -3.80. The lowest BCUT2D eigenvalue weighted by atomic mass is 9.51. The third-order valence-corrected chi connectivity index (χ3v) is 15.3. The Balaban J connectivity index is 1.17. The van der Waals surface area contributed by atoms with Crippen molar-refractivity contribution in [2.45, 2.75) is 32.6 Å². The maximum atomic E-state index is 15.2. The van der Waals surface area contributed by atoms with Gasteiger partial charge in [0.2, 0.25) is 23.6 Å². The van der Waals surface area contributed by atoms with Crippen LogP contribution in [0, 0.1) is 43.2 Å². The molecule has 0 bridgehead atoms. The lowest BCUT2D eigenvalue weighted by Crippen LogP contribution is -2.49. The van der Waals surface area contributed by atoms with Crippen LogP contribution in [0.15, 0.2) is 72.3 Å². The number of nitrogens with zero attached hydrogens (tertiary/aromatic N) is 4. The van der Waals surface area contributed by atoms with Crippen molar-refractivity contribution >= 4 is 113 Å². The molecule has 1 saturated carbocycles. The van der Waals surface area contributed by atoms with Gasteiger partial charge in [-0.15, -0.1) is 11.3 Å². The highest BCUT2D eigenvalue weighted by molar-refractivity contribution is 14.1. The first kappa shape index (κ1) is 36.8. The number of fused-ring (bicyclic) bond motifs is 5. The second kappa shape index (κ2) is 13.1. The molecule has 9 rings (SSSR count). The van der Waals surface area contributed by atoms with Gasteiger partial charge in [-0.05, 0) is 149 Å². The van der Waals surface area contributed by atoms with E-state index in [4.69, 9.17) is 21.4 Å². The van der Waals surface area contributed by atoms with Gasteiger partial charge < -0.3 is 9.84 Å². The van der Waals surface area contributed by atoms with Crippen molar-refractivity contribution < 1.29 is 29.0 Å². The lowest BCUT2D eigenvalue weighted by molar-refractivity contribution is -0.131. The second-order valence-electron chi connectivity index (χ2n) is 14.9. The fourth-order valence-electron chi connectivity index (χ4n) is 9.59. The fourth-order valence-corrected chi connectivity index (χ4v) is 11.9. The molecule has 6 atom stereocenters. The number of carbonyl (C=O) groups is 4. The van der Waals surface area contributed by atoms with Crippen molar-refractivity contribution in [3.8, 4) is 22.1 Å². The van der Waals surface area contributed by atoms with Crippen LogP contribution in [0.4, 0.5) is 11.5 Å². The number of benzene rings is 3. The van der Waals surface area contributed by atoms with Crippen molar-refractivity contribution in [3.05, 3.63) is 95.6 Å². The monoisotopic (exact) mass is 998 g/mol. The molecule has 280 valence electrons. The summed E-state index contributed by atoms with van der Waals surface area (Å²) in [6.45, 7) is 3.85. The largest absolute Gasteiger partial charge is 0.504 e. The fraction of sp³-hybridized carbons (Fsp3) is 0.293. The van der Waals surface area contributed by atoms with Gasteiger partial charge in [-0.1, -0.05) is 23.3 Å². The van der Waals surface area contributed by atoms with Crippen LogP contribution in [-0.2, 0) is 26.2 Å². The molecule has 3 fully saturated rings. The Kier molecular flexibility index (Phi) is 8.79. The second-order valence-corrected chi connectivity index (χ2v) is 18.8. The number of carbonyl (C=O) groups excluding carboxylic acids is 4. The van der Waals surface area contributed by atoms with Gasteiger partial charge in [-0.3, -0.25) is 28.8 Å². The van der Waals surface area contributed by atoms with E-state index in [0.717, 1.165) is 29.7 Å². The van der Waals surface area contributed by atoms with E-state index >= 15 is 4.79 Å². The van der Waals surface area contributed by atoms with Gasteiger partial charge >= 0.3 is 0 Å². The summed E-state index contributed by atoms with van der Waals surface area (Å²) in [7, 11) is 3.19. The van der Waals surface area contributed by atoms with Crippen molar-refractivity contribution in [1.29, 1.82) is 0 Å². The summed E-state index contributed by atoms with van der Waals surface area (Å²) in [4.78, 5) is 62.1. The van der Waals surface area contributed by atoms with Gasteiger partial charge in [0, 0.05) is 32.3 Å². The van der Waals surface area contributed by atoms with Gasteiger partial charge in [-0.25, -0.2) is 4.90 Å². The zero-order valence-corrected chi connectivity index (χ0v) is 35.9. The number of hydrogen-bond donors (Lipinski definition) is 1. The molecule has 55 heavy (non-hydrogen) atoms. The number of amides is 4. The molecule has 2 aliphatic heterocycles. The Morgan fingerprint density at radius 3 is 2.44 bits per heavy atom. The highest BCUT2D eigenvalue weighted by Crippen LogP contribution is 2.64. The Bertz CT molecular complexity index is 2570. The molecule has 2 saturated heterocycles. The van der Waals surface area contributed by atoms with Crippen molar-refractivity contribution in [2.24, 2.45) is 36.1 Å². The number of allylic oxidation sites excluding steroid dienone is 2. The van der Waals surface area contributed by atoms with E-state index in [2.05, 4.69) is 22.6 Å². The SMILES string of the molecule is COc1cc([C@H]2C3=CC[C@@H]4C(=O)N(c5ccc(I)cc5)C(=O)[C@@H]4[C@@H]3C[C@H]3C(=O)N(c4cc(-c5sc6ccc(Cl)cc6c5C)nn4C)C(=O)[C@@]23C)cc(I)c1O.